The summed E-state index contributed by atoms with van der Waals surface area (Å²) in [6.45, 7) is 2.13. The Bertz CT molecular complexity index is 588. The molecular formula is C18H19BrO2. The molecule has 21 heavy (non-hydrogen) atoms. The highest BCUT2D eigenvalue weighted by molar-refractivity contribution is 9.10. The second-order valence-electron chi connectivity index (χ2n) is 5.00. The maximum Gasteiger partial charge on any atom is 0.313 e. The van der Waals surface area contributed by atoms with Crippen molar-refractivity contribution < 1.29 is 9.53 Å². The predicted octanol–water partition coefficient (Wildman–Crippen LogP) is 4.51. The van der Waals surface area contributed by atoms with Crippen LogP contribution in [0, 0.1) is 0 Å². The van der Waals surface area contributed by atoms with Gasteiger partial charge in [0.2, 0.25) is 0 Å². The molecule has 0 aliphatic carbocycles. The zero-order valence-electron chi connectivity index (χ0n) is 12.3. The van der Waals surface area contributed by atoms with Gasteiger partial charge < -0.3 is 4.74 Å². The maximum atomic E-state index is 12.1. The van der Waals surface area contributed by atoms with Gasteiger partial charge in [0, 0.05) is 4.47 Å². The van der Waals surface area contributed by atoms with Crippen molar-refractivity contribution in [3.63, 3.8) is 0 Å². The number of rotatable bonds is 5. The first kappa shape index (κ1) is 15.8. The van der Waals surface area contributed by atoms with Gasteiger partial charge in [-0.1, -0.05) is 59.3 Å². The number of carbonyl (C=O) groups excluding carboxylic acids is 1. The molecule has 0 heterocycles. The summed E-state index contributed by atoms with van der Waals surface area (Å²) in [5.74, 6) is -0.465. The normalized spacial score (nSPS) is 12.0. The second kappa shape index (κ2) is 7.41. The minimum absolute atomic E-state index is 0.197. The van der Waals surface area contributed by atoms with E-state index in [2.05, 4.69) is 47.1 Å². The van der Waals surface area contributed by atoms with E-state index in [1.165, 1.54) is 12.7 Å². The Morgan fingerprint density at radius 3 is 2.14 bits per heavy atom. The molecule has 2 aromatic rings. The van der Waals surface area contributed by atoms with Crippen LogP contribution in [0.25, 0.3) is 0 Å². The van der Waals surface area contributed by atoms with Crippen LogP contribution in [0.2, 0.25) is 0 Å². The SMILES string of the molecule is CCc1ccc(C[C@@H](C(=O)OC)c2ccc(Br)cc2)cc1. The topological polar surface area (TPSA) is 26.3 Å². The lowest BCUT2D eigenvalue weighted by Gasteiger charge is -2.15. The van der Waals surface area contributed by atoms with Crippen molar-refractivity contribution in [3.05, 3.63) is 69.7 Å². The van der Waals surface area contributed by atoms with Gasteiger partial charge in [-0.3, -0.25) is 4.79 Å². The molecule has 0 aliphatic rings. The molecular weight excluding hydrogens is 328 g/mol. The number of esters is 1. The minimum atomic E-state index is -0.268. The van der Waals surface area contributed by atoms with E-state index in [4.69, 9.17) is 4.74 Å². The molecule has 0 N–H and O–H groups in total. The van der Waals surface area contributed by atoms with Crippen LogP contribution in [0.5, 0.6) is 0 Å². The molecule has 0 saturated carbocycles. The third kappa shape index (κ3) is 4.18. The highest BCUT2D eigenvalue weighted by Crippen LogP contribution is 2.24. The molecule has 2 rings (SSSR count). The standard InChI is InChI=1S/C18H19BrO2/c1-3-13-4-6-14(7-5-13)12-17(18(20)21-2)15-8-10-16(19)11-9-15/h4-11,17H,3,12H2,1-2H3/t17-/m1/s1. The van der Waals surface area contributed by atoms with Crippen LogP contribution in [0.1, 0.15) is 29.5 Å². The van der Waals surface area contributed by atoms with Crippen molar-refractivity contribution in [3.8, 4) is 0 Å². The van der Waals surface area contributed by atoms with E-state index in [0.717, 1.165) is 22.0 Å². The molecule has 0 radical (unpaired) electrons. The number of ether oxygens (including phenoxy) is 1. The zero-order chi connectivity index (χ0) is 15.2. The first-order valence-corrected chi connectivity index (χ1v) is 7.84. The van der Waals surface area contributed by atoms with Crippen molar-refractivity contribution >= 4 is 21.9 Å². The van der Waals surface area contributed by atoms with Crippen LogP contribution in [-0.4, -0.2) is 13.1 Å². The van der Waals surface area contributed by atoms with E-state index >= 15 is 0 Å². The van der Waals surface area contributed by atoms with Crippen LogP contribution in [0.4, 0.5) is 0 Å². The van der Waals surface area contributed by atoms with Crippen molar-refractivity contribution in [2.24, 2.45) is 0 Å². The largest absolute Gasteiger partial charge is 0.469 e. The maximum absolute atomic E-state index is 12.1. The number of methoxy groups -OCH3 is 1. The van der Waals surface area contributed by atoms with Crippen LogP contribution in [-0.2, 0) is 22.4 Å². The molecule has 0 fully saturated rings. The number of benzene rings is 2. The first-order valence-electron chi connectivity index (χ1n) is 7.05. The Kier molecular flexibility index (Phi) is 5.57. The van der Waals surface area contributed by atoms with Crippen molar-refractivity contribution in [1.29, 1.82) is 0 Å². The van der Waals surface area contributed by atoms with Crippen molar-refractivity contribution in [2.45, 2.75) is 25.7 Å². The summed E-state index contributed by atoms with van der Waals surface area (Å²) in [5.41, 5.74) is 3.42. The van der Waals surface area contributed by atoms with E-state index in [9.17, 15) is 4.79 Å². The summed E-state index contributed by atoms with van der Waals surface area (Å²) in [7, 11) is 1.44. The fourth-order valence-corrected chi connectivity index (χ4v) is 2.59. The third-order valence-corrected chi connectivity index (χ3v) is 4.16. The molecule has 0 aromatic heterocycles. The minimum Gasteiger partial charge on any atom is -0.469 e. The number of carbonyl (C=O) groups is 1. The van der Waals surface area contributed by atoms with Gasteiger partial charge in [0.05, 0.1) is 13.0 Å². The summed E-state index contributed by atoms with van der Waals surface area (Å²) >= 11 is 3.42. The number of aryl methyl sites for hydroxylation is 1. The lowest BCUT2D eigenvalue weighted by Crippen LogP contribution is -2.16. The van der Waals surface area contributed by atoms with Crippen molar-refractivity contribution in [1.82, 2.24) is 0 Å². The average molecular weight is 347 g/mol. The molecule has 2 nitrogen and oxygen atoms in total. The lowest BCUT2D eigenvalue weighted by atomic mass is 9.91. The Morgan fingerprint density at radius 1 is 1.05 bits per heavy atom. The number of hydrogen-bond acceptors (Lipinski definition) is 2. The van der Waals surface area contributed by atoms with Crippen LogP contribution in [0.15, 0.2) is 53.0 Å². The number of halogens is 1. The third-order valence-electron chi connectivity index (χ3n) is 3.63. The summed E-state index contributed by atoms with van der Waals surface area (Å²) in [6.07, 6.45) is 1.67. The van der Waals surface area contributed by atoms with Gasteiger partial charge in [0.15, 0.2) is 0 Å². The summed E-state index contributed by atoms with van der Waals surface area (Å²) in [6, 6.07) is 16.2. The van der Waals surface area contributed by atoms with E-state index in [0.29, 0.717) is 6.42 Å². The molecule has 2 aromatic carbocycles. The van der Waals surface area contributed by atoms with Gasteiger partial charge in [0.25, 0.3) is 0 Å². The summed E-state index contributed by atoms with van der Waals surface area (Å²) < 4.78 is 5.97. The zero-order valence-corrected chi connectivity index (χ0v) is 13.9. The second-order valence-corrected chi connectivity index (χ2v) is 5.92. The smallest absolute Gasteiger partial charge is 0.313 e. The highest BCUT2D eigenvalue weighted by Gasteiger charge is 2.21. The van der Waals surface area contributed by atoms with E-state index in [1.54, 1.807) is 0 Å². The lowest BCUT2D eigenvalue weighted by molar-refractivity contribution is -0.142. The molecule has 0 aliphatic heterocycles. The van der Waals surface area contributed by atoms with E-state index in [-0.39, 0.29) is 11.9 Å². The van der Waals surface area contributed by atoms with Gasteiger partial charge in [-0.05, 0) is 41.7 Å². The molecule has 110 valence electrons. The molecule has 0 unspecified atom stereocenters. The van der Waals surface area contributed by atoms with Gasteiger partial charge in [-0.2, -0.15) is 0 Å². The summed E-state index contributed by atoms with van der Waals surface area (Å²) in [5, 5.41) is 0. The van der Waals surface area contributed by atoms with E-state index in [1.807, 2.05) is 24.3 Å². The summed E-state index contributed by atoms with van der Waals surface area (Å²) in [4.78, 5) is 12.1. The van der Waals surface area contributed by atoms with Gasteiger partial charge >= 0.3 is 5.97 Å². The number of hydrogen-bond donors (Lipinski definition) is 0. The molecule has 0 spiro atoms. The fourth-order valence-electron chi connectivity index (χ4n) is 2.32. The monoisotopic (exact) mass is 346 g/mol. The molecule has 0 saturated heterocycles. The van der Waals surface area contributed by atoms with E-state index < -0.39 is 0 Å². The molecule has 0 amide bonds. The van der Waals surface area contributed by atoms with Crippen LogP contribution in [0.3, 0.4) is 0 Å². The van der Waals surface area contributed by atoms with Crippen molar-refractivity contribution in [2.75, 3.05) is 7.11 Å². The Labute approximate surface area is 134 Å². The molecule has 1 atom stereocenters. The highest BCUT2D eigenvalue weighted by atomic mass is 79.9. The van der Waals surface area contributed by atoms with Crippen LogP contribution < -0.4 is 0 Å². The Balaban J connectivity index is 2.23. The van der Waals surface area contributed by atoms with Gasteiger partial charge in [-0.25, -0.2) is 0 Å². The Hall–Kier alpha value is -1.61. The van der Waals surface area contributed by atoms with Crippen LogP contribution >= 0.6 is 15.9 Å². The molecule has 3 heteroatoms. The predicted molar refractivity (Wildman–Crippen MR) is 88.4 cm³/mol. The average Bonchev–Trinajstić information content (AvgIpc) is 2.53. The Morgan fingerprint density at radius 2 is 1.62 bits per heavy atom. The van der Waals surface area contributed by atoms with Gasteiger partial charge in [-0.15, -0.1) is 0 Å². The van der Waals surface area contributed by atoms with Gasteiger partial charge in [0.1, 0.15) is 0 Å². The fraction of sp³-hybridized carbons (Fsp3) is 0.278. The quantitative estimate of drug-likeness (QED) is 0.744. The molecule has 0 bridgehead atoms. The first-order chi connectivity index (χ1) is 10.1.